The molecule has 1 aliphatic heterocycles. The van der Waals surface area contributed by atoms with E-state index in [2.05, 4.69) is 15.9 Å². The summed E-state index contributed by atoms with van der Waals surface area (Å²) in [6.07, 6.45) is -6.26. The van der Waals surface area contributed by atoms with Gasteiger partial charge >= 0.3 is 12.1 Å². The summed E-state index contributed by atoms with van der Waals surface area (Å²) < 4.78 is 44.8. The van der Waals surface area contributed by atoms with Gasteiger partial charge in [-0.15, -0.1) is 0 Å². The minimum absolute atomic E-state index is 0.00295. The number of halogens is 4. The Morgan fingerprint density at radius 1 is 1.08 bits per heavy atom. The third kappa shape index (κ3) is 3.17. The summed E-state index contributed by atoms with van der Waals surface area (Å²) in [6, 6.07) is 12.0. The van der Waals surface area contributed by atoms with E-state index in [1.807, 2.05) is 24.3 Å². The standard InChI is InChI=1S/C17H10BrF3O3/c18-12-4-1-9(2-5-12)10-3-6-14-11(7-10)8-13(16(22)23)15(24-14)17(19,20)21/h1-8,15H,(H,22,23)/t15-/m0/s1. The third-order valence-corrected chi connectivity index (χ3v) is 4.10. The Morgan fingerprint density at radius 3 is 2.29 bits per heavy atom. The van der Waals surface area contributed by atoms with Gasteiger partial charge in [-0.05, 0) is 41.5 Å². The molecule has 0 aromatic heterocycles. The van der Waals surface area contributed by atoms with E-state index in [1.165, 1.54) is 6.07 Å². The maximum Gasteiger partial charge on any atom is 0.430 e. The Balaban J connectivity index is 2.06. The molecule has 0 saturated heterocycles. The average Bonchev–Trinajstić information content (AvgIpc) is 2.53. The number of carbonyl (C=O) groups is 1. The Bertz CT molecular complexity index is 826. The largest absolute Gasteiger partial charge is 0.478 e. The Hall–Kier alpha value is -2.28. The van der Waals surface area contributed by atoms with Gasteiger partial charge in [-0.2, -0.15) is 13.2 Å². The molecule has 0 radical (unpaired) electrons. The van der Waals surface area contributed by atoms with Gasteiger partial charge in [0.25, 0.3) is 0 Å². The summed E-state index contributed by atoms with van der Waals surface area (Å²) in [5.74, 6) is -1.65. The number of alkyl halides is 3. The molecule has 0 bridgehead atoms. The topological polar surface area (TPSA) is 46.5 Å². The van der Waals surface area contributed by atoms with Gasteiger partial charge in [0.2, 0.25) is 6.10 Å². The molecule has 1 aliphatic rings. The molecule has 1 atom stereocenters. The molecule has 0 unspecified atom stereocenters. The van der Waals surface area contributed by atoms with Crippen LogP contribution in [-0.2, 0) is 4.79 Å². The van der Waals surface area contributed by atoms with E-state index >= 15 is 0 Å². The molecular formula is C17H10BrF3O3. The molecule has 7 heteroatoms. The van der Waals surface area contributed by atoms with Crippen LogP contribution in [0.25, 0.3) is 17.2 Å². The van der Waals surface area contributed by atoms with Crippen molar-refractivity contribution in [2.75, 3.05) is 0 Å². The van der Waals surface area contributed by atoms with Crippen molar-refractivity contribution >= 4 is 28.0 Å². The zero-order valence-corrected chi connectivity index (χ0v) is 13.6. The highest BCUT2D eigenvalue weighted by molar-refractivity contribution is 9.10. The Morgan fingerprint density at radius 2 is 1.71 bits per heavy atom. The van der Waals surface area contributed by atoms with E-state index in [4.69, 9.17) is 9.84 Å². The molecule has 3 nitrogen and oxygen atoms in total. The van der Waals surface area contributed by atoms with Crippen LogP contribution in [0.2, 0.25) is 0 Å². The second-order valence-corrected chi connectivity index (χ2v) is 6.12. The first kappa shape index (κ1) is 16.6. The molecule has 0 fully saturated rings. The molecule has 1 N–H and O–H groups in total. The van der Waals surface area contributed by atoms with E-state index in [1.54, 1.807) is 12.1 Å². The van der Waals surface area contributed by atoms with Crippen LogP contribution in [0.4, 0.5) is 13.2 Å². The monoisotopic (exact) mass is 398 g/mol. The lowest BCUT2D eigenvalue weighted by Gasteiger charge is -2.27. The first-order valence-electron chi connectivity index (χ1n) is 6.84. The van der Waals surface area contributed by atoms with E-state index in [9.17, 15) is 18.0 Å². The van der Waals surface area contributed by atoms with Crippen molar-refractivity contribution in [2.24, 2.45) is 0 Å². The highest BCUT2D eigenvalue weighted by Crippen LogP contribution is 2.38. The quantitative estimate of drug-likeness (QED) is 0.781. The van der Waals surface area contributed by atoms with E-state index in [-0.39, 0.29) is 5.75 Å². The molecule has 0 spiro atoms. The summed E-state index contributed by atoms with van der Waals surface area (Å²) in [6.45, 7) is 0. The van der Waals surface area contributed by atoms with Crippen molar-refractivity contribution < 1.29 is 27.8 Å². The minimum atomic E-state index is -4.80. The van der Waals surface area contributed by atoms with Gasteiger partial charge in [0.05, 0.1) is 5.57 Å². The van der Waals surface area contributed by atoms with Crippen LogP contribution < -0.4 is 4.74 Å². The van der Waals surface area contributed by atoms with E-state index in [0.29, 0.717) is 5.56 Å². The third-order valence-electron chi connectivity index (χ3n) is 3.57. The van der Waals surface area contributed by atoms with Crippen molar-refractivity contribution in [1.29, 1.82) is 0 Å². The predicted molar refractivity (Wildman–Crippen MR) is 85.7 cm³/mol. The number of benzene rings is 2. The first-order chi connectivity index (χ1) is 11.3. The number of aliphatic carboxylic acids is 1. The lowest BCUT2D eigenvalue weighted by Crippen LogP contribution is -2.40. The van der Waals surface area contributed by atoms with Crippen LogP contribution in [-0.4, -0.2) is 23.4 Å². The lowest BCUT2D eigenvalue weighted by atomic mass is 9.97. The lowest BCUT2D eigenvalue weighted by molar-refractivity contribution is -0.187. The normalized spacial score (nSPS) is 16.8. The molecule has 3 rings (SSSR count). The highest BCUT2D eigenvalue weighted by Gasteiger charge is 2.48. The van der Waals surface area contributed by atoms with Crippen LogP contribution in [0, 0.1) is 0 Å². The number of carboxylic acids is 1. The van der Waals surface area contributed by atoms with Crippen LogP contribution in [0.15, 0.2) is 52.5 Å². The predicted octanol–water partition coefficient (Wildman–Crippen LogP) is 4.91. The van der Waals surface area contributed by atoms with Crippen molar-refractivity contribution in [3.63, 3.8) is 0 Å². The fraction of sp³-hybridized carbons (Fsp3) is 0.118. The first-order valence-corrected chi connectivity index (χ1v) is 7.63. The van der Waals surface area contributed by atoms with Gasteiger partial charge in [-0.3, -0.25) is 0 Å². The average molecular weight is 399 g/mol. The Kier molecular flexibility index (Phi) is 4.13. The fourth-order valence-electron chi connectivity index (χ4n) is 2.44. The maximum absolute atomic E-state index is 13.0. The SMILES string of the molecule is O=C(O)C1=Cc2cc(-c3ccc(Br)cc3)ccc2O[C@@H]1C(F)(F)F. The number of ether oxygens (including phenoxy) is 1. The molecule has 124 valence electrons. The zero-order chi connectivity index (χ0) is 17.5. The van der Waals surface area contributed by atoms with Crippen molar-refractivity contribution in [3.05, 3.63) is 58.1 Å². The van der Waals surface area contributed by atoms with Crippen molar-refractivity contribution in [3.8, 4) is 16.9 Å². The van der Waals surface area contributed by atoms with Crippen LogP contribution in [0.3, 0.4) is 0 Å². The van der Waals surface area contributed by atoms with Gasteiger partial charge in [0.1, 0.15) is 5.75 Å². The van der Waals surface area contributed by atoms with Crippen LogP contribution in [0.5, 0.6) is 5.75 Å². The number of fused-ring (bicyclic) bond motifs is 1. The second kappa shape index (κ2) is 5.98. The zero-order valence-electron chi connectivity index (χ0n) is 12.0. The number of hydrogen-bond acceptors (Lipinski definition) is 2. The maximum atomic E-state index is 13.0. The molecule has 0 aliphatic carbocycles. The summed E-state index contributed by atoms with van der Waals surface area (Å²) in [5, 5.41) is 9.06. The smallest absolute Gasteiger partial charge is 0.430 e. The summed E-state index contributed by atoms with van der Waals surface area (Å²) >= 11 is 3.33. The van der Waals surface area contributed by atoms with E-state index in [0.717, 1.165) is 21.7 Å². The van der Waals surface area contributed by atoms with Crippen molar-refractivity contribution in [2.45, 2.75) is 12.3 Å². The highest BCUT2D eigenvalue weighted by atomic mass is 79.9. The molecule has 2 aromatic rings. The van der Waals surface area contributed by atoms with Gasteiger partial charge in [-0.1, -0.05) is 34.1 Å². The molecule has 0 amide bonds. The summed E-state index contributed by atoms with van der Waals surface area (Å²) in [7, 11) is 0. The minimum Gasteiger partial charge on any atom is -0.478 e. The molecule has 2 aromatic carbocycles. The Labute approximate surface area is 143 Å². The summed E-state index contributed by atoms with van der Waals surface area (Å²) in [5.41, 5.74) is 1.07. The number of hydrogen-bond donors (Lipinski definition) is 1. The summed E-state index contributed by atoms with van der Waals surface area (Å²) in [4.78, 5) is 11.2. The van der Waals surface area contributed by atoms with Crippen LogP contribution >= 0.6 is 15.9 Å². The molecule has 1 heterocycles. The fourth-order valence-corrected chi connectivity index (χ4v) is 2.71. The van der Waals surface area contributed by atoms with Crippen LogP contribution in [0.1, 0.15) is 5.56 Å². The molecular weight excluding hydrogens is 389 g/mol. The molecule has 0 saturated carbocycles. The van der Waals surface area contributed by atoms with Gasteiger partial charge in [0.15, 0.2) is 0 Å². The van der Waals surface area contributed by atoms with Crippen molar-refractivity contribution in [1.82, 2.24) is 0 Å². The van der Waals surface area contributed by atoms with Gasteiger partial charge in [0, 0.05) is 10.0 Å². The molecule has 24 heavy (non-hydrogen) atoms. The second-order valence-electron chi connectivity index (χ2n) is 5.20. The number of rotatable bonds is 2. The van der Waals surface area contributed by atoms with Gasteiger partial charge in [-0.25, -0.2) is 4.79 Å². The number of carboxylic acid groups (broad SMARTS) is 1. The van der Waals surface area contributed by atoms with Gasteiger partial charge < -0.3 is 9.84 Å². The van der Waals surface area contributed by atoms with E-state index < -0.39 is 23.8 Å².